The molecule has 0 atom stereocenters. The van der Waals surface area contributed by atoms with Crippen molar-refractivity contribution < 1.29 is 23.9 Å². The quantitative estimate of drug-likeness (QED) is 0.477. The Morgan fingerprint density at radius 1 is 1.00 bits per heavy atom. The van der Waals surface area contributed by atoms with Crippen LogP contribution in [0.25, 0.3) is 6.08 Å². The molecule has 0 bridgehead atoms. The maximum atomic E-state index is 11.9. The van der Waals surface area contributed by atoms with Crippen molar-refractivity contribution >= 4 is 63.1 Å². The van der Waals surface area contributed by atoms with E-state index in [1.54, 1.807) is 30.3 Å². The number of hydrogen-bond donors (Lipinski definition) is 2. The molecule has 150 valence electrons. The molecular weight excluding hydrogens is 487 g/mol. The summed E-state index contributed by atoms with van der Waals surface area (Å²) in [6, 6.07) is 7.54. The van der Waals surface area contributed by atoms with E-state index < -0.39 is 17.8 Å². The summed E-state index contributed by atoms with van der Waals surface area (Å²) in [4.78, 5) is 35.0. The van der Waals surface area contributed by atoms with Crippen molar-refractivity contribution in [1.29, 1.82) is 0 Å². The van der Waals surface area contributed by atoms with Crippen molar-refractivity contribution in [1.82, 2.24) is 10.6 Å². The van der Waals surface area contributed by atoms with Crippen LogP contribution in [0.4, 0.5) is 4.79 Å². The standard InChI is InChI=1S/C19H13BrCl2N2O5/c1-28-15-6-10(5-11-17(25)23-19(27)24-18(11)26)12(20)7-16(15)29-8-9-2-3-13(21)14(22)4-9/h2-7H,8H2,1H3,(H2,23,24,25,26,27). The van der Waals surface area contributed by atoms with Crippen LogP contribution in [0.1, 0.15) is 11.1 Å². The van der Waals surface area contributed by atoms with Crippen molar-refractivity contribution in [2.75, 3.05) is 7.11 Å². The Morgan fingerprint density at radius 2 is 1.69 bits per heavy atom. The Kier molecular flexibility index (Phi) is 6.46. The second-order valence-corrected chi connectivity index (χ2v) is 7.53. The van der Waals surface area contributed by atoms with Crippen LogP contribution in [0.3, 0.4) is 0 Å². The summed E-state index contributed by atoms with van der Waals surface area (Å²) in [5, 5.41) is 4.91. The van der Waals surface area contributed by atoms with Gasteiger partial charge >= 0.3 is 6.03 Å². The predicted octanol–water partition coefficient (Wildman–Crippen LogP) is 4.09. The van der Waals surface area contributed by atoms with Crippen LogP contribution >= 0.6 is 39.1 Å². The molecule has 0 radical (unpaired) electrons. The molecule has 7 nitrogen and oxygen atoms in total. The normalized spacial score (nSPS) is 13.7. The molecular formula is C19H13BrCl2N2O5. The molecule has 1 fully saturated rings. The average molecular weight is 500 g/mol. The zero-order valence-electron chi connectivity index (χ0n) is 14.8. The highest BCUT2D eigenvalue weighted by Gasteiger charge is 2.28. The van der Waals surface area contributed by atoms with Gasteiger partial charge in [-0.3, -0.25) is 20.2 Å². The highest BCUT2D eigenvalue weighted by Crippen LogP contribution is 2.35. The number of benzene rings is 2. The minimum atomic E-state index is -0.861. The van der Waals surface area contributed by atoms with Gasteiger partial charge in [-0.1, -0.05) is 45.2 Å². The number of halogens is 3. The second kappa shape index (κ2) is 8.86. The molecule has 4 amide bonds. The lowest BCUT2D eigenvalue weighted by molar-refractivity contribution is -0.123. The van der Waals surface area contributed by atoms with Gasteiger partial charge in [-0.2, -0.15) is 0 Å². The highest BCUT2D eigenvalue weighted by molar-refractivity contribution is 9.10. The zero-order chi connectivity index (χ0) is 21.1. The number of rotatable bonds is 5. The highest BCUT2D eigenvalue weighted by atomic mass is 79.9. The first-order valence-corrected chi connectivity index (χ1v) is 9.66. The molecule has 1 aliphatic rings. The molecule has 0 spiro atoms. The van der Waals surface area contributed by atoms with E-state index in [2.05, 4.69) is 15.9 Å². The molecule has 1 heterocycles. The van der Waals surface area contributed by atoms with Gasteiger partial charge in [0.15, 0.2) is 11.5 Å². The first-order chi connectivity index (χ1) is 13.8. The van der Waals surface area contributed by atoms with Gasteiger partial charge in [0.05, 0.1) is 17.2 Å². The van der Waals surface area contributed by atoms with Gasteiger partial charge in [-0.15, -0.1) is 0 Å². The van der Waals surface area contributed by atoms with Crippen molar-refractivity contribution in [2.24, 2.45) is 0 Å². The topological polar surface area (TPSA) is 93.7 Å². The molecule has 0 aliphatic carbocycles. The Labute approximate surface area is 184 Å². The second-order valence-electron chi connectivity index (χ2n) is 5.86. The fourth-order valence-corrected chi connectivity index (χ4v) is 3.24. The van der Waals surface area contributed by atoms with Crippen LogP contribution in [0, 0.1) is 0 Å². The molecule has 29 heavy (non-hydrogen) atoms. The lowest BCUT2D eigenvalue weighted by Crippen LogP contribution is -2.51. The van der Waals surface area contributed by atoms with Crippen LogP contribution in [-0.4, -0.2) is 25.0 Å². The summed E-state index contributed by atoms with van der Waals surface area (Å²) in [6.45, 7) is 0.215. The molecule has 0 unspecified atom stereocenters. The molecule has 10 heteroatoms. The number of carbonyl (C=O) groups excluding carboxylic acids is 3. The lowest BCUT2D eigenvalue weighted by atomic mass is 10.1. The molecule has 0 saturated carbocycles. The summed E-state index contributed by atoms with van der Waals surface area (Å²) >= 11 is 15.3. The largest absolute Gasteiger partial charge is 0.493 e. The molecule has 3 rings (SSSR count). The number of hydrogen-bond acceptors (Lipinski definition) is 5. The van der Waals surface area contributed by atoms with Gasteiger partial charge in [0.1, 0.15) is 12.2 Å². The lowest BCUT2D eigenvalue weighted by Gasteiger charge is -2.16. The van der Waals surface area contributed by atoms with Crippen molar-refractivity contribution in [3.05, 3.63) is 61.5 Å². The van der Waals surface area contributed by atoms with Gasteiger partial charge in [0.2, 0.25) is 0 Å². The number of urea groups is 1. The van der Waals surface area contributed by atoms with Crippen molar-refractivity contribution in [3.63, 3.8) is 0 Å². The molecule has 2 aromatic rings. The van der Waals surface area contributed by atoms with Crippen LogP contribution in [0.2, 0.25) is 10.0 Å². The van der Waals surface area contributed by atoms with E-state index in [9.17, 15) is 14.4 Å². The third-order valence-electron chi connectivity index (χ3n) is 3.90. The number of methoxy groups -OCH3 is 1. The van der Waals surface area contributed by atoms with E-state index in [1.807, 2.05) is 10.6 Å². The van der Waals surface area contributed by atoms with E-state index in [0.717, 1.165) is 5.56 Å². The number of amides is 4. The monoisotopic (exact) mass is 498 g/mol. The summed E-state index contributed by atoms with van der Waals surface area (Å²) in [5.41, 5.74) is 1.08. The first kappa shape index (κ1) is 21.2. The Balaban J connectivity index is 1.86. The summed E-state index contributed by atoms with van der Waals surface area (Å²) in [6.07, 6.45) is 1.34. The van der Waals surface area contributed by atoms with Gasteiger partial charge in [0, 0.05) is 4.47 Å². The fourth-order valence-electron chi connectivity index (χ4n) is 2.49. The molecule has 1 saturated heterocycles. The van der Waals surface area contributed by atoms with E-state index in [-0.39, 0.29) is 12.2 Å². The summed E-state index contributed by atoms with van der Waals surface area (Å²) < 4.78 is 11.7. The van der Waals surface area contributed by atoms with Crippen LogP contribution in [0.5, 0.6) is 11.5 Å². The molecule has 2 N–H and O–H groups in total. The Morgan fingerprint density at radius 3 is 2.31 bits per heavy atom. The third-order valence-corrected chi connectivity index (χ3v) is 5.33. The predicted molar refractivity (Wildman–Crippen MR) is 111 cm³/mol. The number of ether oxygens (including phenoxy) is 2. The summed E-state index contributed by atoms with van der Waals surface area (Å²) in [5.74, 6) is -0.762. The van der Waals surface area contributed by atoms with E-state index in [0.29, 0.717) is 31.6 Å². The smallest absolute Gasteiger partial charge is 0.328 e. The van der Waals surface area contributed by atoms with Crippen molar-refractivity contribution in [3.8, 4) is 11.5 Å². The number of carbonyl (C=O) groups is 3. The van der Waals surface area contributed by atoms with E-state index >= 15 is 0 Å². The van der Waals surface area contributed by atoms with Gasteiger partial charge < -0.3 is 9.47 Å². The maximum Gasteiger partial charge on any atom is 0.328 e. The minimum absolute atomic E-state index is 0.211. The number of imide groups is 2. The van der Waals surface area contributed by atoms with Crippen molar-refractivity contribution in [2.45, 2.75) is 6.61 Å². The zero-order valence-corrected chi connectivity index (χ0v) is 17.9. The molecule has 1 aliphatic heterocycles. The Hall–Kier alpha value is -2.55. The molecule has 2 aromatic carbocycles. The molecule has 0 aromatic heterocycles. The van der Waals surface area contributed by atoms with E-state index in [1.165, 1.54) is 13.2 Å². The first-order valence-electron chi connectivity index (χ1n) is 8.11. The van der Waals surface area contributed by atoms with Gasteiger partial charge in [-0.25, -0.2) is 4.79 Å². The van der Waals surface area contributed by atoms with E-state index in [4.69, 9.17) is 32.7 Å². The van der Waals surface area contributed by atoms with Gasteiger partial charge in [-0.05, 0) is 41.5 Å². The Bertz CT molecular complexity index is 1030. The van der Waals surface area contributed by atoms with Gasteiger partial charge in [0.25, 0.3) is 11.8 Å². The van der Waals surface area contributed by atoms with Crippen LogP contribution in [0.15, 0.2) is 40.4 Å². The third kappa shape index (κ3) is 4.90. The number of nitrogens with one attached hydrogen (secondary N) is 2. The maximum absolute atomic E-state index is 11.9. The summed E-state index contributed by atoms with van der Waals surface area (Å²) in [7, 11) is 1.46. The number of barbiturate groups is 1. The van der Waals surface area contributed by atoms with Crippen LogP contribution < -0.4 is 20.1 Å². The van der Waals surface area contributed by atoms with Crippen LogP contribution in [-0.2, 0) is 16.2 Å². The SMILES string of the molecule is COc1cc(C=C2C(=O)NC(=O)NC2=O)c(Br)cc1OCc1ccc(Cl)c(Cl)c1. The average Bonchev–Trinajstić information content (AvgIpc) is 2.66. The fraction of sp³-hybridized carbons (Fsp3) is 0.105. The minimum Gasteiger partial charge on any atom is -0.493 e.